The molecule has 8 heteroatoms. The topological polar surface area (TPSA) is 35.9 Å². The van der Waals surface area contributed by atoms with Gasteiger partial charge in [0.15, 0.2) is 17.4 Å². The molecule has 0 radical (unpaired) electrons. The van der Waals surface area contributed by atoms with E-state index in [2.05, 4.69) is 32.7 Å². The molecule has 1 saturated heterocycles. The third kappa shape index (κ3) is 5.35. The van der Waals surface area contributed by atoms with Gasteiger partial charge < -0.3 is 14.7 Å². The Bertz CT molecular complexity index is 809. The second kappa shape index (κ2) is 9.39. The minimum absolute atomic E-state index is 0.177. The van der Waals surface area contributed by atoms with Gasteiger partial charge >= 0.3 is 0 Å². The molecule has 1 fully saturated rings. The zero-order valence-corrected chi connectivity index (χ0v) is 17.8. The fraction of sp³-hybridized carbons (Fsp3) is 0.400. The van der Waals surface area contributed by atoms with Crippen molar-refractivity contribution in [2.75, 3.05) is 44.2 Å². The van der Waals surface area contributed by atoms with E-state index >= 15 is 0 Å². The fourth-order valence-corrected chi connectivity index (χ4v) is 3.86. The molecule has 0 spiro atoms. The Morgan fingerprint density at radius 3 is 2.43 bits per heavy atom. The van der Waals surface area contributed by atoms with Gasteiger partial charge in [0.1, 0.15) is 12.7 Å². The third-order valence-corrected chi connectivity index (χ3v) is 5.43. The molecule has 152 valence electrons. The van der Waals surface area contributed by atoms with Crippen LogP contribution in [0.25, 0.3) is 0 Å². The van der Waals surface area contributed by atoms with Gasteiger partial charge in [0.05, 0.1) is 0 Å². The number of nitrogens with zero attached hydrogens (tertiary/aromatic N) is 2. The molecule has 2 aromatic carbocycles. The lowest BCUT2D eigenvalue weighted by atomic mass is 10.1. The predicted molar refractivity (Wildman–Crippen MR) is 110 cm³/mol. The van der Waals surface area contributed by atoms with Gasteiger partial charge in [-0.25, -0.2) is 8.78 Å². The van der Waals surface area contributed by atoms with Crippen molar-refractivity contribution in [2.45, 2.75) is 13.0 Å². The summed E-state index contributed by atoms with van der Waals surface area (Å²) >= 11 is 9.13. The molecule has 0 saturated carbocycles. The summed E-state index contributed by atoms with van der Waals surface area (Å²) < 4.78 is 33.0. The molecule has 1 N–H and O–H groups in total. The van der Waals surface area contributed by atoms with E-state index in [1.54, 1.807) is 0 Å². The number of hydrogen-bond donors (Lipinski definition) is 1. The lowest BCUT2D eigenvalue weighted by Gasteiger charge is -2.37. The molecule has 4 nitrogen and oxygen atoms in total. The molecule has 1 atom stereocenters. The van der Waals surface area contributed by atoms with Crippen molar-refractivity contribution in [1.29, 1.82) is 0 Å². The van der Waals surface area contributed by atoms with Crippen LogP contribution in [-0.2, 0) is 0 Å². The molecule has 0 unspecified atom stereocenters. The SMILES string of the molecule is Cc1ccc(Cl)cc1N1CCN(C[C@@H](O)COc2c(F)cc(Br)cc2F)CC1. The van der Waals surface area contributed by atoms with E-state index in [9.17, 15) is 13.9 Å². The van der Waals surface area contributed by atoms with Gasteiger partial charge in [0, 0.05) is 47.9 Å². The summed E-state index contributed by atoms with van der Waals surface area (Å²) in [4.78, 5) is 4.38. The number of anilines is 1. The quantitative estimate of drug-likeness (QED) is 0.678. The van der Waals surface area contributed by atoms with Crippen molar-refractivity contribution in [2.24, 2.45) is 0 Å². The molecular formula is C20H22BrClF2N2O2. The molecule has 0 amide bonds. The number of aryl methyl sites for hydroxylation is 1. The highest BCUT2D eigenvalue weighted by molar-refractivity contribution is 9.10. The predicted octanol–water partition coefficient (Wildman–Crippen LogP) is 4.25. The third-order valence-electron chi connectivity index (χ3n) is 4.74. The lowest BCUT2D eigenvalue weighted by Crippen LogP contribution is -2.49. The normalized spacial score (nSPS) is 16.3. The molecule has 1 aliphatic rings. The number of ether oxygens (including phenoxy) is 1. The maximum Gasteiger partial charge on any atom is 0.190 e. The number of halogens is 4. The number of piperazine rings is 1. The van der Waals surface area contributed by atoms with Crippen LogP contribution in [0.1, 0.15) is 5.56 Å². The summed E-state index contributed by atoms with van der Waals surface area (Å²) in [6.45, 7) is 5.41. The standard InChI is InChI=1S/C20H22BrClF2N2O2/c1-13-2-3-15(22)10-19(13)26-6-4-25(5-7-26)11-16(27)12-28-20-17(23)8-14(21)9-18(20)24/h2-3,8-10,16,27H,4-7,11-12H2,1H3/t16-/m1/s1. The van der Waals surface area contributed by atoms with Gasteiger partial charge in [0.2, 0.25) is 0 Å². The summed E-state index contributed by atoms with van der Waals surface area (Å²) in [7, 11) is 0. The Labute approximate surface area is 176 Å². The Hall–Kier alpha value is -1.41. The van der Waals surface area contributed by atoms with Gasteiger partial charge in [-0.1, -0.05) is 33.6 Å². The van der Waals surface area contributed by atoms with Crippen LogP contribution in [0, 0.1) is 18.6 Å². The molecule has 0 bridgehead atoms. The Balaban J connectivity index is 1.49. The number of benzene rings is 2. The number of β-amino-alcohol motifs (C(OH)–C–C–N with tert-alkyl or cyclic N) is 1. The van der Waals surface area contributed by atoms with Gasteiger partial charge in [-0.05, 0) is 36.8 Å². The maximum absolute atomic E-state index is 13.8. The zero-order chi connectivity index (χ0) is 20.3. The number of rotatable bonds is 6. The summed E-state index contributed by atoms with van der Waals surface area (Å²) in [5, 5.41) is 10.9. The first kappa shape index (κ1) is 21.3. The van der Waals surface area contributed by atoms with Crippen LogP contribution in [0.4, 0.5) is 14.5 Å². The van der Waals surface area contributed by atoms with E-state index in [-0.39, 0.29) is 6.61 Å². The highest BCUT2D eigenvalue weighted by Gasteiger charge is 2.21. The van der Waals surface area contributed by atoms with Crippen molar-refractivity contribution in [3.8, 4) is 5.75 Å². The first-order valence-corrected chi connectivity index (χ1v) is 10.2. The molecule has 1 aliphatic heterocycles. The van der Waals surface area contributed by atoms with Crippen LogP contribution in [0.2, 0.25) is 5.02 Å². The first-order valence-electron chi connectivity index (χ1n) is 9.02. The Morgan fingerprint density at radius 1 is 1.14 bits per heavy atom. The van der Waals surface area contributed by atoms with E-state index in [1.807, 2.05) is 18.2 Å². The van der Waals surface area contributed by atoms with E-state index in [1.165, 1.54) is 5.56 Å². The van der Waals surface area contributed by atoms with Gasteiger partial charge in [0.25, 0.3) is 0 Å². The van der Waals surface area contributed by atoms with Gasteiger partial charge in [-0.3, -0.25) is 4.90 Å². The Kier molecular flexibility index (Phi) is 7.15. The molecule has 3 rings (SSSR count). The highest BCUT2D eigenvalue weighted by atomic mass is 79.9. The van der Waals surface area contributed by atoms with Crippen molar-refractivity contribution < 1.29 is 18.6 Å². The first-order chi connectivity index (χ1) is 13.3. The number of hydrogen-bond acceptors (Lipinski definition) is 4. The molecule has 28 heavy (non-hydrogen) atoms. The van der Waals surface area contributed by atoms with Crippen LogP contribution >= 0.6 is 27.5 Å². The summed E-state index contributed by atoms with van der Waals surface area (Å²) in [5.74, 6) is -2.07. The van der Waals surface area contributed by atoms with Crippen LogP contribution in [0.3, 0.4) is 0 Å². The second-order valence-corrected chi connectivity index (χ2v) is 8.23. The van der Waals surface area contributed by atoms with Crippen LogP contribution in [0.15, 0.2) is 34.8 Å². The van der Waals surface area contributed by atoms with Crippen LogP contribution in [-0.4, -0.2) is 55.4 Å². The summed E-state index contributed by atoms with van der Waals surface area (Å²) in [6, 6.07) is 8.11. The molecule has 0 aromatic heterocycles. The van der Waals surface area contributed by atoms with Crippen molar-refractivity contribution in [1.82, 2.24) is 4.90 Å². The minimum atomic E-state index is -0.845. The van der Waals surface area contributed by atoms with Crippen molar-refractivity contribution in [3.05, 3.63) is 57.0 Å². The van der Waals surface area contributed by atoms with E-state index in [0.717, 1.165) is 44.0 Å². The van der Waals surface area contributed by atoms with Crippen LogP contribution in [0.5, 0.6) is 5.75 Å². The fourth-order valence-electron chi connectivity index (χ4n) is 3.29. The van der Waals surface area contributed by atoms with Crippen LogP contribution < -0.4 is 9.64 Å². The van der Waals surface area contributed by atoms with E-state index < -0.39 is 23.5 Å². The van der Waals surface area contributed by atoms with E-state index in [0.29, 0.717) is 16.0 Å². The Morgan fingerprint density at radius 2 is 1.79 bits per heavy atom. The number of aliphatic hydroxyl groups excluding tert-OH is 1. The molecular weight excluding hydrogens is 454 g/mol. The largest absolute Gasteiger partial charge is 0.485 e. The number of aliphatic hydroxyl groups is 1. The molecule has 0 aliphatic carbocycles. The zero-order valence-electron chi connectivity index (χ0n) is 15.5. The summed E-state index contributed by atoms with van der Waals surface area (Å²) in [5.41, 5.74) is 2.29. The highest BCUT2D eigenvalue weighted by Crippen LogP contribution is 2.27. The average Bonchev–Trinajstić information content (AvgIpc) is 2.63. The minimum Gasteiger partial charge on any atom is -0.485 e. The smallest absolute Gasteiger partial charge is 0.190 e. The van der Waals surface area contributed by atoms with Crippen molar-refractivity contribution >= 4 is 33.2 Å². The van der Waals surface area contributed by atoms with Crippen molar-refractivity contribution in [3.63, 3.8) is 0 Å². The van der Waals surface area contributed by atoms with Gasteiger partial charge in [-0.15, -0.1) is 0 Å². The summed E-state index contributed by atoms with van der Waals surface area (Å²) in [6.07, 6.45) is -0.845. The van der Waals surface area contributed by atoms with E-state index in [4.69, 9.17) is 16.3 Å². The average molecular weight is 476 g/mol. The maximum atomic E-state index is 13.8. The monoisotopic (exact) mass is 474 g/mol. The second-order valence-electron chi connectivity index (χ2n) is 6.88. The lowest BCUT2D eigenvalue weighted by molar-refractivity contribution is 0.0634. The van der Waals surface area contributed by atoms with Gasteiger partial charge in [-0.2, -0.15) is 0 Å². The molecule has 2 aromatic rings. The molecule has 1 heterocycles.